The van der Waals surface area contributed by atoms with Gasteiger partial charge in [-0.3, -0.25) is 4.79 Å². The minimum atomic E-state index is -0.289. The molecular formula is C19H16BrCl2N5O3S2. The van der Waals surface area contributed by atoms with Gasteiger partial charge in [-0.05, 0) is 45.8 Å². The van der Waals surface area contributed by atoms with Crippen molar-refractivity contribution in [2.24, 2.45) is 5.10 Å². The second-order valence-electron chi connectivity index (χ2n) is 6.01. The summed E-state index contributed by atoms with van der Waals surface area (Å²) in [4.78, 5) is 11.9. The summed E-state index contributed by atoms with van der Waals surface area (Å²) >= 11 is 18.3. The van der Waals surface area contributed by atoms with E-state index in [0.717, 1.165) is 0 Å². The molecule has 3 aromatic rings. The predicted octanol–water partition coefficient (Wildman–Crippen LogP) is 5.02. The van der Waals surface area contributed by atoms with Crippen LogP contribution in [0.4, 0.5) is 5.13 Å². The molecule has 0 radical (unpaired) electrons. The Hall–Kier alpha value is -2.05. The van der Waals surface area contributed by atoms with Gasteiger partial charge in [-0.15, -0.1) is 10.2 Å². The quantitative estimate of drug-likeness (QED) is 0.209. The monoisotopic (exact) mass is 575 g/mol. The van der Waals surface area contributed by atoms with Crippen LogP contribution in [-0.4, -0.2) is 35.2 Å². The Balaban J connectivity index is 1.61. The van der Waals surface area contributed by atoms with E-state index in [0.29, 0.717) is 46.6 Å². The Morgan fingerprint density at radius 1 is 1.34 bits per heavy atom. The van der Waals surface area contributed by atoms with Crippen molar-refractivity contribution in [1.29, 1.82) is 0 Å². The SMILES string of the molecule is COc1cc(C=NNC(=O)CSc2nnc(N)s2)cc(Br)c1OCc1c(Cl)cccc1Cl. The largest absolute Gasteiger partial charge is 0.493 e. The van der Waals surface area contributed by atoms with Gasteiger partial charge in [-0.1, -0.05) is 52.4 Å². The van der Waals surface area contributed by atoms with Crippen LogP contribution in [0.5, 0.6) is 11.5 Å². The average Bonchev–Trinajstić information content (AvgIpc) is 3.18. The maximum atomic E-state index is 11.9. The Kier molecular flexibility index (Phi) is 9.00. The number of benzene rings is 2. The fourth-order valence-electron chi connectivity index (χ4n) is 2.39. The van der Waals surface area contributed by atoms with Crippen molar-refractivity contribution in [3.63, 3.8) is 0 Å². The lowest BCUT2D eigenvalue weighted by Crippen LogP contribution is -2.19. The maximum Gasteiger partial charge on any atom is 0.250 e. The van der Waals surface area contributed by atoms with Gasteiger partial charge in [0, 0.05) is 15.6 Å². The summed E-state index contributed by atoms with van der Waals surface area (Å²) in [7, 11) is 1.53. The zero-order valence-electron chi connectivity index (χ0n) is 16.5. The number of ether oxygens (including phenoxy) is 2. The number of aromatic nitrogens is 2. The third kappa shape index (κ3) is 6.72. The molecule has 0 saturated carbocycles. The van der Waals surface area contributed by atoms with E-state index in [2.05, 4.69) is 36.7 Å². The zero-order chi connectivity index (χ0) is 23.1. The molecule has 0 bridgehead atoms. The summed E-state index contributed by atoms with van der Waals surface area (Å²) in [5.41, 5.74) is 9.32. The Morgan fingerprint density at radius 3 is 2.75 bits per heavy atom. The molecule has 3 N–H and O–H groups in total. The lowest BCUT2D eigenvalue weighted by molar-refractivity contribution is -0.118. The fraction of sp³-hybridized carbons (Fsp3) is 0.158. The number of methoxy groups -OCH3 is 1. The van der Waals surface area contributed by atoms with Crippen LogP contribution in [0.3, 0.4) is 0 Å². The minimum Gasteiger partial charge on any atom is -0.493 e. The molecule has 168 valence electrons. The van der Waals surface area contributed by atoms with Crippen molar-refractivity contribution in [2.45, 2.75) is 10.9 Å². The third-order valence-electron chi connectivity index (χ3n) is 3.83. The molecule has 8 nitrogen and oxygen atoms in total. The van der Waals surface area contributed by atoms with Crippen molar-refractivity contribution in [1.82, 2.24) is 15.6 Å². The number of hydrazone groups is 1. The molecule has 0 aliphatic heterocycles. The first-order valence-electron chi connectivity index (χ1n) is 8.84. The van der Waals surface area contributed by atoms with E-state index in [-0.39, 0.29) is 18.3 Å². The van der Waals surface area contributed by atoms with Crippen LogP contribution in [0, 0.1) is 0 Å². The highest BCUT2D eigenvalue weighted by molar-refractivity contribution is 9.10. The van der Waals surface area contributed by atoms with Crippen molar-refractivity contribution in [3.05, 3.63) is 56.0 Å². The van der Waals surface area contributed by atoms with E-state index in [4.69, 9.17) is 38.4 Å². The summed E-state index contributed by atoms with van der Waals surface area (Å²) in [6, 6.07) is 8.76. The van der Waals surface area contributed by atoms with Gasteiger partial charge in [-0.2, -0.15) is 5.10 Å². The zero-order valence-corrected chi connectivity index (χ0v) is 21.2. The van der Waals surface area contributed by atoms with Crippen LogP contribution in [0.25, 0.3) is 0 Å². The van der Waals surface area contributed by atoms with Crippen molar-refractivity contribution >= 4 is 79.5 Å². The summed E-state index contributed by atoms with van der Waals surface area (Å²) in [5.74, 6) is 0.802. The van der Waals surface area contributed by atoms with Crippen LogP contribution in [0.2, 0.25) is 10.0 Å². The van der Waals surface area contributed by atoms with E-state index < -0.39 is 0 Å². The molecule has 0 fully saturated rings. The number of nitrogens with one attached hydrogen (secondary N) is 1. The highest BCUT2D eigenvalue weighted by Crippen LogP contribution is 2.37. The van der Waals surface area contributed by atoms with Crippen molar-refractivity contribution in [3.8, 4) is 11.5 Å². The molecule has 1 heterocycles. The second kappa shape index (κ2) is 11.7. The van der Waals surface area contributed by atoms with Gasteiger partial charge in [0.2, 0.25) is 5.13 Å². The first-order valence-corrected chi connectivity index (χ1v) is 12.2. The molecular weight excluding hydrogens is 561 g/mol. The number of nitrogens with two attached hydrogens (primary N) is 1. The molecule has 1 aromatic heterocycles. The number of halogens is 3. The van der Waals surface area contributed by atoms with Gasteiger partial charge in [0.1, 0.15) is 6.61 Å². The van der Waals surface area contributed by atoms with Crippen LogP contribution in [-0.2, 0) is 11.4 Å². The molecule has 0 atom stereocenters. The number of hydrogen-bond acceptors (Lipinski definition) is 9. The number of nitrogen functional groups attached to an aromatic ring is 1. The van der Waals surface area contributed by atoms with Crippen LogP contribution < -0.4 is 20.6 Å². The number of hydrogen-bond donors (Lipinski definition) is 2. The minimum absolute atomic E-state index is 0.135. The summed E-state index contributed by atoms with van der Waals surface area (Å²) in [5, 5.41) is 12.9. The molecule has 32 heavy (non-hydrogen) atoms. The number of thioether (sulfide) groups is 1. The van der Waals surface area contributed by atoms with E-state index in [1.807, 2.05) is 0 Å². The Labute approximate surface area is 210 Å². The van der Waals surface area contributed by atoms with Gasteiger partial charge < -0.3 is 15.2 Å². The first-order chi connectivity index (χ1) is 15.4. The third-order valence-corrected chi connectivity index (χ3v) is 7.01. The topological polar surface area (TPSA) is 112 Å². The maximum absolute atomic E-state index is 11.9. The predicted molar refractivity (Wildman–Crippen MR) is 132 cm³/mol. The van der Waals surface area contributed by atoms with Crippen molar-refractivity contribution < 1.29 is 14.3 Å². The molecule has 3 rings (SSSR count). The van der Waals surface area contributed by atoms with Gasteiger partial charge in [-0.25, -0.2) is 5.43 Å². The summed E-state index contributed by atoms with van der Waals surface area (Å²) < 4.78 is 12.6. The number of anilines is 1. The number of carbonyl (C=O) groups excluding carboxylic acids is 1. The van der Waals surface area contributed by atoms with Crippen molar-refractivity contribution in [2.75, 3.05) is 18.6 Å². The lowest BCUT2D eigenvalue weighted by atomic mass is 10.2. The molecule has 0 saturated heterocycles. The summed E-state index contributed by atoms with van der Waals surface area (Å²) in [6.07, 6.45) is 1.49. The normalized spacial score (nSPS) is 11.0. The number of rotatable bonds is 9. The molecule has 0 aliphatic carbocycles. The number of nitrogens with zero attached hydrogens (tertiary/aromatic N) is 3. The highest BCUT2D eigenvalue weighted by Gasteiger charge is 2.14. The van der Waals surface area contributed by atoms with Gasteiger partial charge in [0.05, 0.1) is 23.5 Å². The molecule has 0 spiro atoms. The van der Waals surface area contributed by atoms with Gasteiger partial charge in [0.15, 0.2) is 15.8 Å². The fourth-order valence-corrected chi connectivity index (χ4v) is 4.90. The lowest BCUT2D eigenvalue weighted by Gasteiger charge is -2.14. The number of carbonyl (C=O) groups is 1. The molecule has 2 aromatic carbocycles. The molecule has 0 unspecified atom stereocenters. The highest BCUT2D eigenvalue weighted by atomic mass is 79.9. The van der Waals surface area contributed by atoms with E-state index >= 15 is 0 Å². The molecule has 0 aliphatic rings. The first kappa shape index (κ1) is 24.6. The van der Waals surface area contributed by atoms with Gasteiger partial charge >= 0.3 is 0 Å². The Morgan fingerprint density at radius 2 is 2.09 bits per heavy atom. The molecule has 1 amide bonds. The van der Waals surface area contributed by atoms with Crippen LogP contribution in [0.15, 0.2) is 44.2 Å². The van der Waals surface area contributed by atoms with E-state index in [1.54, 1.807) is 30.3 Å². The van der Waals surface area contributed by atoms with Gasteiger partial charge in [0.25, 0.3) is 5.91 Å². The Bertz CT molecular complexity index is 1130. The second-order valence-corrected chi connectivity index (χ2v) is 9.91. The van der Waals surface area contributed by atoms with E-state index in [1.165, 1.54) is 36.4 Å². The van der Waals surface area contributed by atoms with Crippen LogP contribution in [0.1, 0.15) is 11.1 Å². The van der Waals surface area contributed by atoms with E-state index in [9.17, 15) is 4.79 Å². The molecule has 13 heteroatoms. The number of amides is 1. The smallest absolute Gasteiger partial charge is 0.250 e. The summed E-state index contributed by atoms with van der Waals surface area (Å²) in [6.45, 7) is 0.162. The van der Waals surface area contributed by atoms with Crippen LogP contribution >= 0.6 is 62.2 Å². The average molecular weight is 577 g/mol. The standard InChI is InChI=1S/C19H16BrCl2N5O3S2/c1-29-15-6-10(7-24-25-16(28)9-31-19-27-26-18(23)32-19)5-12(20)17(15)30-8-11-13(21)3-2-4-14(11)22/h2-7H,8-9H2,1H3,(H2,23,26)(H,25,28).